The molecule has 0 N–H and O–H groups in total. The summed E-state index contributed by atoms with van der Waals surface area (Å²) in [6.07, 6.45) is 0.715. The summed E-state index contributed by atoms with van der Waals surface area (Å²) in [4.78, 5) is 18.4. The molecule has 126 valence electrons. The summed E-state index contributed by atoms with van der Waals surface area (Å²) in [5.41, 5.74) is 2.77. The summed E-state index contributed by atoms with van der Waals surface area (Å²) in [5.74, 6) is -0.672. The van der Waals surface area contributed by atoms with Crippen LogP contribution in [0.2, 0.25) is 5.15 Å². The van der Waals surface area contributed by atoms with E-state index in [4.69, 9.17) is 16.3 Å². The first-order valence-electron chi connectivity index (χ1n) is 7.89. The van der Waals surface area contributed by atoms with Crippen LogP contribution in [0.15, 0.2) is 30.3 Å². The number of carbonyl (C=O) groups excluding carboxylic acids is 1. The lowest BCUT2D eigenvalue weighted by Crippen LogP contribution is -2.31. The van der Waals surface area contributed by atoms with Crippen molar-refractivity contribution in [3.8, 4) is 0 Å². The van der Waals surface area contributed by atoms with Gasteiger partial charge in [0.15, 0.2) is 0 Å². The molecule has 2 heterocycles. The van der Waals surface area contributed by atoms with Crippen molar-refractivity contribution < 1.29 is 13.9 Å². The highest BCUT2D eigenvalue weighted by Crippen LogP contribution is 2.25. The van der Waals surface area contributed by atoms with Gasteiger partial charge in [-0.3, -0.25) is 4.90 Å². The number of ether oxygens (including phenoxy) is 1. The number of carbonyl (C=O) groups is 1. The first kappa shape index (κ1) is 16.9. The summed E-state index contributed by atoms with van der Waals surface area (Å²) < 4.78 is 18.8. The van der Waals surface area contributed by atoms with Crippen LogP contribution in [0.4, 0.5) is 4.39 Å². The van der Waals surface area contributed by atoms with E-state index in [1.54, 1.807) is 25.1 Å². The van der Waals surface area contributed by atoms with Crippen molar-refractivity contribution in [2.24, 2.45) is 0 Å². The third-order valence-electron chi connectivity index (χ3n) is 4.05. The largest absolute Gasteiger partial charge is 0.462 e. The van der Waals surface area contributed by atoms with Crippen molar-refractivity contribution in [1.82, 2.24) is 9.88 Å². The summed E-state index contributed by atoms with van der Waals surface area (Å²) in [6, 6.07) is 8.51. The Morgan fingerprint density at radius 1 is 1.42 bits per heavy atom. The summed E-state index contributed by atoms with van der Waals surface area (Å²) >= 11 is 6.10. The van der Waals surface area contributed by atoms with Crippen LogP contribution in [0.25, 0.3) is 0 Å². The van der Waals surface area contributed by atoms with Crippen LogP contribution < -0.4 is 0 Å². The van der Waals surface area contributed by atoms with Gasteiger partial charge in [-0.05, 0) is 24.6 Å². The highest BCUT2D eigenvalue weighted by Gasteiger charge is 2.23. The van der Waals surface area contributed by atoms with Crippen molar-refractivity contribution in [3.05, 3.63) is 63.7 Å². The normalized spacial score (nSPS) is 14.3. The smallest absolute Gasteiger partial charge is 0.341 e. The van der Waals surface area contributed by atoms with E-state index < -0.39 is 5.97 Å². The Balaban J connectivity index is 1.80. The SMILES string of the molecule is CCOC(=O)c1cc2c(nc1Cl)CCN(Cc1ccccc1F)C2. The lowest BCUT2D eigenvalue weighted by atomic mass is 10.0. The van der Waals surface area contributed by atoms with Gasteiger partial charge in [0.1, 0.15) is 11.0 Å². The second kappa shape index (κ2) is 7.28. The Hall–Kier alpha value is -1.98. The molecule has 1 aliphatic rings. The van der Waals surface area contributed by atoms with Crippen LogP contribution in [0, 0.1) is 5.82 Å². The number of benzene rings is 1. The molecule has 0 atom stereocenters. The average molecular weight is 349 g/mol. The molecule has 0 saturated carbocycles. The van der Waals surface area contributed by atoms with E-state index in [-0.39, 0.29) is 23.1 Å². The molecule has 0 spiro atoms. The number of nitrogens with zero attached hydrogens (tertiary/aromatic N) is 2. The highest BCUT2D eigenvalue weighted by atomic mass is 35.5. The number of hydrogen-bond acceptors (Lipinski definition) is 4. The summed E-state index contributed by atoms with van der Waals surface area (Å²) in [6.45, 7) is 3.91. The van der Waals surface area contributed by atoms with Gasteiger partial charge < -0.3 is 4.74 Å². The van der Waals surface area contributed by atoms with Crippen molar-refractivity contribution >= 4 is 17.6 Å². The Morgan fingerprint density at radius 3 is 2.96 bits per heavy atom. The molecule has 24 heavy (non-hydrogen) atoms. The molecule has 0 radical (unpaired) electrons. The van der Waals surface area contributed by atoms with Crippen molar-refractivity contribution in [3.63, 3.8) is 0 Å². The van der Waals surface area contributed by atoms with Gasteiger partial charge in [-0.15, -0.1) is 0 Å². The Bertz CT molecular complexity index is 767. The second-order valence-electron chi connectivity index (χ2n) is 5.71. The number of hydrogen-bond donors (Lipinski definition) is 0. The molecule has 0 unspecified atom stereocenters. The molecule has 4 nitrogen and oxygen atoms in total. The molecule has 1 aromatic heterocycles. The minimum atomic E-state index is -0.468. The van der Waals surface area contributed by atoms with E-state index in [1.807, 2.05) is 6.07 Å². The van der Waals surface area contributed by atoms with Gasteiger partial charge in [-0.2, -0.15) is 0 Å². The highest BCUT2D eigenvalue weighted by molar-refractivity contribution is 6.32. The fourth-order valence-corrected chi connectivity index (χ4v) is 3.09. The Labute approximate surface area is 145 Å². The maximum atomic E-state index is 13.8. The number of aromatic nitrogens is 1. The van der Waals surface area contributed by atoms with Crippen molar-refractivity contribution in [2.75, 3.05) is 13.2 Å². The van der Waals surface area contributed by atoms with Crippen LogP contribution in [0.5, 0.6) is 0 Å². The van der Waals surface area contributed by atoms with Gasteiger partial charge in [0, 0.05) is 37.3 Å². The number of fused-ring (bicyclic) bond motifs is 1. The first-order chi connectivity index (χ1) is 11.6. The molecule has 0 fully saturated rings. The topological polar surface area (TPSA) is 42.4 Å². The van der Waals surface area contributed by atoms with Crippen LogP contribution in [-0.2, 0) is 24.2 Å². The molecule has 3 rings (SSSR count). The number of rotatable bonds is 4. The van der Waals surface area contributed by atoms with E-state index >= 15 is 0 Å². The monoisotopic (exact) mass is 348 g/mol. The average Bonchev–Trinajstić information content (AvgIpc) is 2.57. The van der Waals surface area contributed by atoms with E-state index in [2.05, 4.69) is 9.88 Å². The minimum Gasteiger partial charge on any atom is -0.462 e. The molecule has 2 aromatic rings. The molecule has 1 aromatic carbocycles. The van der Waals surface area contributed by atoms with E-state index in [0.29, 0.717) is 25.1 Å². The number of pyridine rings is 1. The standard InChI is InChI=1S/C18H18ClFN2O2/c1-2-24-18(23)14-9-13-11-22(8-7-16(13)21-17(14)19)10-12-5-3-4-6-15(12)20/h3-6,9H,2,7-8,10-11H2,1H3. The van der Waals surface area contributed by atoms with Crippen LogP contribution >= 0.6 is 11.6 Å². The molecular formula is C18H18ClFN2O2. The minimum absolute atomic E-state index is 0.176. The van der Waals surface area contributed by atoms with E-state index in [1.165, 1.54) is 6.07 Å². The number of halogens is 2. The van der Waals surface area contributed by atoms with Crippen LogP contribution in [-0.4, -0.2) is 29.0 Å². The summed E-state index contributed by atoms with van der Waals surface area (Å²) in [5, 5.41) is 0.176. The van der Waals surface area contributed by atoms with E-state index in [0.717, 1.165) is 17.8 Å². The molecular weight excluding hydrogens is 331 g/mol. The van der Waals surface area contributed by atoms with Gasteiger partial charge in [-0.1, -0.05) is 29.8 Å². The quantitative estimate of drug-likeness (QED) is 0.625. The Kier molecular flexibility index (Phi) is 5.11. The fraction of sp³-hybridized carbons (Fsp3) is 0.333. The van der Waals surface area contributed by atoms with Gasteiger partial charge in [-0.25, -0.2) is 14.2 Å². The van der Waals surface area contributed by atoms with Gasteiger partial charge in [0.05, 0.1) is 12.2 Å². The lowest BCUT2D eigenvalue weighted by molar-refractivity contribution is 0.0525. The number of esters is 1. The van der Waals surface area contributed by atoms with E-state index in [9.17, 15) is 9.18 Å². The molecule has 0 bridgehead atoms. The van der Waals surface area contributed by atoms with Crippen molar-refractivity contribution in [1.29, 1.82) is 0 Å². The summed E-state index contributed by atoms with van der Waals surface area (Å²) in [7, 11) is 0. The predicted octanol–water partition coefficient (Wildman–Crippen LogP) is 3.61. The second-order valence-corrected chi connectivity index (χ2v) is 6.06. The maximum absolute atomic E-state index is 13.8. The third kappa shape index (κ3) is 3.57. The van der Waals surface area contributed by atoms with Gasteiger partial charge in [0.2, 0.25) is 0 Å². The zero-order valence-corrected chi connectivity index (χ0v) is 14.1. The Morgan fingerprint density at radius 2 is 2.21 bits per heavy atom. The van der Waals surface area contributed by atoms with Gasteiger partial charge >= 0.3 is 5.97 Å². The first-order valence-corrected chi connectivity index (χ1v) is 8.27. The third-order valence-corrected chi connectivity index (χ3v) is 4.34. The van der Waals surface area contributed by atoms with Gasteiger partial charge in [0.25, 0.3) is 0 Å². The molecule has 0 saturated heterocycles. The molecule has 0 aliphatic carbocycles. The van der Waals surface area contributed by atoms with Crippen LogP contribution in [0.1, 0.15) is 34.1 Å². The molecule has 0 amide bonds. The lowest BCUT2D eigenvalue weighted by Gasteiger charge is -2.28. The fourth-order valence-electron chi connectivity index (χ4n) is 2.86. The van der Waals surface area contributed by atoms with Crippen LogP contribution in [0.3, 0.4) is 0 Å². The maximum Gasteiger partial charge on any atom is 0.341 e. The molecule has 1 aliphatic heterocycles. The molecule has 6 heteroatoms. The zero-order chi connectivity index (χ0) is 17.1. The van der Waals surface area contributed by atoms with Crippen molar-refractivity contribution in [2.45, 2.75) is 26.4 Å². The zero-order valence-electron chi connectivity index (χ0n) is 13.4. The predicted molar refractivity (Wildman–Crippen MR) is 89.4 cm³/mol.